The molecule has 1 aromatic heterocycles. The summed E-state index contributed by atoms with van der Waals surface area (Å²) in [7, 11) is 1.79. The average molecular weight is 345 g/mol. The van der Waals surface area contributed by atoms with Crippen LogP contribution in [-0.2, 0) is 13.0 Å². The lowest BCUT2D eigenvalue weighted by Gasteiger charge is -2.18. The molecule has 1 unspecified atom stereocenters. The van der Waals surface area contributed by atoms with Crippen LogP contribution < -0.4 is 10.6 Å². The quantitative estimate of drug-likeness (QED) is 0.608. The van der Waals surface area contributed by atoms with Crippen LogP contribution in [-0.4, -0.2) is 18.0 Å². The first-order chi connectivity index (χ1) is 11.5. The van der Waals surface area contributed by atoms with Gasteiger partial charge in [0.15, 0.2) is 5.96 Å². The molecule has 2 rings (SSSR count). The van der Waals surface area contributed by atoms with Gasteiger partial charge in [0.25, 0.3) is 0 Å². The molecule has 130 valence electrons. The van der Waals surface area contributed by atoms with Crippen LogP contribution in [0.4, 0.5) is 0 Å². The van der Waals surface area contributed by atoms with Gasteiger partial charge in [0.1, 0.15) is 0 Å². The minimum Gasteiger partial charge on any atom is -0.351 e. The number of guanidine groups is 1. The third-order valence-electron chi connectivity index (χ3n) is 3.97. The van der Waals surface area contributed by atoms with Gasteiger partial charge in [-0.3, -0.25) is 4.99 Å². The third-order valence-corrected chi connectivity index (χ3v) is 5.16. The largest absolute Gasteiger partial charge is 0.351 e. The molecular formula is C19H28N4S. The summed E-state index contributed by atoms with van der Waals surface area (Å²) in [6, 6.07) is 8.93. The number of aromatic nitrogens is 1. The highest BCUT2D eigenvalue weighted by Gasteiger charge is 2.09. The Kier molecular flexibility index (Phi) is 6.79. The SMILES string of the molecule is CCc1ccc(C(C)NC(=NC)NCc2csc(C(C)C)n2)cc1. The van der Waals surface area contributed by atoms with Crippen molar-refractivity contribution in [2.24, 2.45) is 4.99 Å². The number of nitrogens with zero attached hydrogens (tertiary/aromatic N) is 2. The zero-order chi connectivity index (χ0) is 17.5. The molecule has 0 bridgehead atoms. The van der Waals surface area contributed by atoms with E-state index in [0.717, 1.165) is 18.1 Å². The normalized spacial score (nSPS) is 13.2. The van der Waals surface area contributed by atoms with E-state index in [9.17, 15) is 0 Å². The van der Waals surface area contributed by atoms with E-state index in [4.69, 9.17) is 0 Å². The fourth-order valence-corrected chi connectivity index (χ4v) is 3.20. The number of benzene rings is 1. The Morgan fingerprint density at radius 3 is 2.46 bits per heavy atom. The van der Waals surface area contributed by atoms with Crippen molar-refractivity contribution >= 4 is 17.3 Å². The Labute approximate surface area is 149 Å². The van der Waals surface area contributed by atoms with E-state index in [-0.39, 0.29) is 6.04 Å². The van der Waals surface area contributed by atoms with E-state index in [1.54, 1.807) is 18.4 Å². The van der Waals surface area contributed by atoms with Gasteiger partial charge in [0.05, 0.1) is 23.3 Å². The maximum absolute atomic E-state index is 4.65. The van der Waals surface area contributed by atoms with Crippen molar-refractivity contribution in [2.75, 3.05) is 7.05 Å². The van der Waals surface area contributed by atoms with Gasteiger partial charge in [-0.15, -0.1) is 11.3 Å². The molecular weight excluding hydrogens is 316 g/mol. The number of rotatable bonds is 6. The van der Waals surface area contributed by atoms with Gasteiger partial charge in [-0.25, -0.2) is 4.98 Å². The predicted octanol–water partition coefficient (Wildman–Crippen LogP) is 4.26. The highest BCUT2D eigenvalue weighted by molar-refractivity contribution is 7.09. The lowest BCUT2D eigenvalue weighted by atomic mass is 10.1. The molecule has 2 aromatic rings. The molecule has 0 aliphatic carbocycles. The van der Waals surface area contributed by atoms with Gasteiger partial charge in [0.2, 0.25) is 0 Å². The molecule has 1 heterocycles. The van der Waals surface area contributed by atoms with Crippen molar-refractivity contribution in [2.45, 2.75) is 52.6 Å². The van der Waals surface area contributed by atoms with Crippen molar-refractivity contribution in [3.63, 3.8) is 0 Å². The van der Waals surface area contributed by atoms with Crippen LogP contribution >= 0.6 is 11.3 Å². The van der Waals surface area contributed by atoms with Gasteiger partial charge in [0, 0.05) is 18.3 Å². The topological polar surface area (TPSA) is 49.3 Å². The smallest absolute Gasteiger partial charge is 0.191 e. The van der Waals surface area contributed by atoms with Gasteiger partial charge < -0.3 is 10.6 Å². The molecule has 24 heavy (non-hydrogen) atoms. The minimum atomic E-state index is 0.198. The van der Waals surface area contributed by atoms with Crippen molar-refractivity contribution in [1.29, 1.82) is 0 Å². The zero-order valence-corrected chi connectivity index (χ0v) is 16.1. The molecule has 0 aliphatic heterocycles. The van der Waals surface area contributed by atoms with E-state index < -0.39 is 0 Å². The van der Waals surface area contributed by atoms with Crippen molar-refractivity contribution < 1.29 is 0 Å². The van der Waals surface area contributed by atoms with Gasteiger partial charge in [-0.2, -0.15) is 0 Å². The summed E-state index contributed by atoms with van der Waals surface area (Å²) < 4.78 is 0. The fraction of sp³-hybridized carbons (Fsp3) is 0.474. The summed E-state index contributed by atoms with van der Waals surface area (Å²) in [5.74, 6) is 1.27. The summed E-state index contributed by atoms with van der Waals surface area (Å²) in [6.45, 7) is 9.34. The van der Waals surface area contributed by atoms with Crippen molar-refractivity contribution in [1.82, 2.24) is 15.6 Å². The Morgan fingerprint density at radius 1 is 1.21 bits per heavy atom. The highest BCUT2D eigenvalue weighted by atomic mass is 32.1. The minimum absolute atomic E-state index is 0.198. The molecule has 0 fully saturated rings. The number of hydrogen-bond acceptors (Lipinski definition) is 3. The Morgan fingerprint density at radius 2 is 1.92 bits per heavy atom. The van der Waals surface area contributed by atoms with E-state index in [0.29, 0.717) is 12.5 Å². The molecule has 2 N–H and O–H groups in total. The molecule has 4 nitrogen and oxygen atoms in total. The molecule has 1 aromatic carbocycles. The summed E-state index contributed by atoms with van der Waals surface area (Å²) in [4.78, 5) is 8.96. The van der Waals surface area contributed by atoms with Crippen LogP contribution in [0.25, 0.3) is 0 Å². The van der Waals surface area contributed by atoms with E-state index in [2.05, 4.69) is 78.0 Å². The first-order valence-corrected chi connectivity index (χ1v) is 9.41. The third kappa shape index (κ3) is 5.06. The van der Waals surface area contributed by atoms with Gasteiger partial charge >= 0.3 is 0 Å². The second-order valence-electron chi connectivity index (χ2n) is 6.22. The van der Waals surface area contributed by atoms with Gasteiger partial charge in [-0.1, -0.05) is 45.0 Å². The molecule has 5 heteroatoms. The fourth-order valence-electron chi connectivity index (χ4n) is 2.37. The highest BCUT2D eigenvalue weighted by Crippen LogP contribution is 2.19. The lowest BCUT2D eigenvalue weighted by Crippen LogP contribution is -2.38. The lowest BCUT2D eigenvalue weighted by molar-refractivity contribution is 0.682. The summed E-state index contributed by atoms with van der Waals surface area (Å²) in [6.07, 6.45) is 1.07. The number of thiazole rings is 1. The van der Waals surface area contributed by atoms with Crippen LogP contribution in [0.1, 0.15) is 61.5 Å². The molecule has 0 saturated carbocycles. The Balaban J connectivity index is 1.90. The Bertz CT molecular complexity index is 658. The van der Waals surface area contributed by atoms with E-state index >= 15 is 0 Å². The second kappa shape index (κ2) is 8.83. The molecule has 0 saturated heterocycles. The predicted molar refractivity (Wildman–Crippen MR) is 104 cm³/mol. The molecule has 0 spiro atoms. The Hall–Kier alpha value is -1.88. The van der Waals surface area contributed by atoms with Crippen LogP contribution in [0.5, 0.6) is 0 Å². The molecule has 0 aliphatic rings. The summed E-state index contributed by atoms with van der Waals surface area (Å²) in [5.41, 5.74) is 3.68. The first-order valence-electron chi connectivity index (χ1n) is 8.53. The number of aryl methyl sites for hydroxylation is 1. The van der Waals surface area contributed by atoms with Crippen LogP contribution in [0, 0.1) is 0 Å². The maximum atomic E-state index is 4.65. The average Bonchev–Trinajstić information content (AvgIpc) is 3.07. The molecule has 0 amide bonds. The summed E-state index contributed by atoms with van der Waals surface area (Å²) >= 11 is 1.72. The molecule has 1 atom stereocenters. The van der Waals surface area contributed by atoms with Gasteiger partial charge in [-0.05, 0) is 24.5 Å². The monoisotopic (exact) mass is 344 g/mol. The molecule has 0 radical (unpaired) electrons. The van der Waals surface area contributed by atoms with Crippen LogP contribution in [0.2, 0.25) is 0 Å². The van der Waals surface area contributed by atoms with Crippen LogP contribution in [0.3, 0.4) is 0 Å². The standard InChI is InChI=1S/C19H28N4S/c1-6-15-7-9-16(10-8-15)14(4)22-19(20-5)21-11-17-12-24-18(23-17)13(2)3/h7-10,12-14H,6,11H2,1-5H3,(H2,20,21,22). The van der Waals surface area contributed by atoms with E-state index in [1.165, 1.54) is 16.1 Å². The number of hydrogen-bond donors (Lipinski definition) is 2. The van der Waals surface area contributed by atoms with Crippen molar-refractivity contribution in [3.05, 3.63) is 51.5 Å². The van der Waals surface area contributed by atoms with E-state index in [1.807, 2.05) is 0 Å². The van der Waals surface area contributed by atoms with Crippen molar-refractivity contribution in [3.8, 4) is 0 Å². The van der Waals surface area contributed by atoms with Crippen LogP contribution in [0.15, 0.2) is 34.6 Å². The number of nitrogens with one attached hydrogen (secondary N) is 2. The second-order valence-corrected chi connectivity index (χ2v) is 7.11. The summed E-state index contributed by atoms with van der Waals surface area (Å²) in [5, 5.41) is 10.1. The first kappa shape index (κ1) is 18.5. The maximum Gasteiger partial charge on any atom is 0.191 e. The number of aliphatic imine (C=N–C) groups is 1. The zero-order valence-electron chi connectivity index (χ0n) is 15.3.